The number of hydrogen-bond donors (Lipinski definition) is 1. The molecule has 0 aliphatic carbocycles. The van der Waals surface area contributed by atoms with Crippen LogP contribution in [0.1, 0.15) is 5.56 Å². The SMILES string of the molecule is S=c1[nH]nc(-c2cccs2)n1Cc1ccoc1. The fourth-order valence-electron chi connectivity index (χ4n) is 1.62. The van der Waals surface area contributed by atoms with Crippen LogP contribution in [0.5, 0.6) is 0 Å². The van der Waals surface area contributed by atoms with Gasteiger partial charge in [-0.1, -0.05) is 6.07 Å². The van der Waals surface area contributed by atoms with E-state index < -0.39 is 0 Å². The lowest BCUT2D eigenvalue weighted by Crippen LogP contribution is -2.00. The third-order valence-corrected chi connectivity index (χ3v) is 3.60. The van der Waals surface area contributed by atoms with Crippen molar-refractivity contribution < 1.29 is 4.42 Å². The summed E-state index contributed by atoms with van der Waals surface area (Å²) < 4.78 is 7.64. The Balaban J connectivity index is 2.04. The monoisotopic (exact) mass is 263 g/mol. The van der Waals surface area contributed by atoms with Gasteiger partial charge in [-0.2, -0.15) is 5.10 Å². The molecule has 3 aromatic heterocycles. The molecule has 3 aromatic rings. The fraction of sp³-hybridized carbons (Fsp3) is 0.0909. The highest BCUT2D eigenvalue weighted by Gasteiger charge is 2.10. The average Bonchev–Trinajstić information content (AvgIpc) is 3.03. The summed E-state index contributed by atoms with van der Waals surface area (Å²) in [6.45, 7) is 0.666. The molecule has 0 fully saturated rings. The van der Waals surface area contributed by atoms with Crippen LogP contribution in [-0.2, 0) is 6.54 Å². The van der Waals surface area contributed by atoms with Crippen molar-refractivity contribution in [1.29, 1.82) is 0 Å². The van der Waals surface area contributed by atoms with Crippen molar-refractivity contribution in [3.63, 3.8) is 0 Å². The van der Waals surface area contributed by atoms with E-state index in [0.717, 1.165) is 16.3 Å². The van der Waals surface area contributed by atoms with Gasteiger partial charge < -0.3 is 4.42 Å². The third-order valence-electron chi connectivity index (χ3n) is 2.42. The summed E-state index contributed by atoms with van der Waals surface area (Å²) in [6, 6.07) is 5.95. The van der Waals surface area contributed by atoms with E-state index in [0.29, 0.717) is 11.3 Å². The number of hydrogen-bond acceptors (Lipinski definition) is 4. The molecule has 0 aliphatic rings. The maximum atomic E-state index is 5.24. The van der Waals surface area contributed by atoms with Crippen molar-refractivity contribution in [2.24, 2.45) is 0 Å². The Bertz CT molecular complexity index is 649. The van der Waals surface area contributed by atoms with Gasteiger partial charge in [0.15, 0.2) is 10.6 Å². The standard InChI is InChI=1S/C11H9N3OS2/c16-11-13-12-10(9-2-1-5-17-9)14(11)6-8-3-4-15-7-8/h1-5,7H,6H2,(H,13,16). The molecule has 0 saturated heterocycles. The minimum atomic E-state index is 0.620. The quantitative estimate of drug-likeness (QED) is 0.737. The first kappa shape index (κ1) is 10.5. The highest BCUT2D eigenvalue weighted by atomic mass is 32.1. The van der Waals surface area contributed by atoms with Crippen molar-refractivity contribution in [2.45, 2.75) is 6.54 Å². The Labute approximate surface area is 107 Å². The molecule has 0 aliphatic heterocycles. The molecule has 0 bridgehead atoms. The molecule has 0 amide bonds. The van der Waals surface area contributed by atoms with Crippen molar-refractivity contribution in [2.75, 3.05) is 0 Å². The fourth-order valence-corrected chi connectivity index (χ4v) is 2.54. The smallest absolute Gasteiger partial charge is 0.195 e. The molecular formula is C11H9N3OS2. The number of nitrogens with one attached hydrogen (secondary N) is 1. The molecule has 3 heterocycles. The number of nitrogens with zero attached hydrogens (tertiary/aromatic N) is 2. The van der Waals surface area contributed by atoms with E-state index in [4.69, 9.17) is 16.6 Å². The first-order valence-corrected chi connectivity index (χ1v) is 6.33. The Morgan fingerprint density at radius 1 is 1.47 bits per heavy atom. The zero-order valence-corrected chi connectivity index (χ0v) is 10.4. The molecule has 0 spiro atoms. The van der Waals surface area contributed by atoms with Gasteiger partial charge in [0.25, 0.3) is 0 Å². The lowest BCUT2D eigenvalue weighted by atomic mass is 10.3. The van der Waals surface area contributed by atoms with Gasteiger partial charge >= 0.3 is 0 Å². The van der Waals surface area contributed by atoms with Crippen LogP contribution < -0.4 is 0 Å². The maximum Gasteiger partial charge on any atom is 0.195 e. The van der Waals surface area contributed by atoms with Crippen LogP contribution in [0, 0.1) is 4.77 Å². The van der Waals surface area contributed by atoms with Gasteiger partial charge in [0.2, 0.25) is 0 Å². The summed E-state index contributed by atoms with van der Waals surface area (Å²) in [5, 5.41) is 9.12. The number of aromatic amines is 1. The Morgan fingerprint density at radius 3 is 3.12 bits per heavy atom. The summed E-state index contributed by atoms with van der Waals surface area (Å²) >= 11 is 6.88. The maximum absolute atomic E-state index is 5.24. The number of furan rings is 1. The second kappa shape index (κ2) is 4.31. The number of thiophene rings is 1. The molecule has 0 unspecified atom stereocenters. The molecule has 0 radical (unpaired) electrons. The predicted molar refractivity (Wildman–Crippen MR) is 68.5 cm³/mol. The molecule has 86 valence electrons. The molecule has 0 saturated carbocycles. The highest BCUT2D eigenvalue weighted by Crippen LogP contribution is 2.23. The summed E-state index contributed by atoms with van der Waals surface area (Å²) in [4.78, 5) is 1.10. The number of H-pyrrole nitrogens is 1. The van der Waals surface area contributed by atoms with Gasteiger partial charge in [0, 0.05) is 5.56 Å². The molecule has 0 aromatic carbocycles. The van der Waals surface area contributed by atoms with E-state index >= 15 is 0 Å². The zero-order chi connectivity index (χ0) is 11.7. The predicted octanol–water partition coefficient (Wildman–Crippen LogP) is 3.31. The van der Waals surface area contributed by atoms with Gasteiger partial charge in [0.05, 0.1) is 23.9 Å². The van der Waals surface area contributed by atoms with Gasteiger partial charge in [-0.05, 0) is 29.7 Å². The van der Waals surface area contributed by atoms with Crippen molar-refractivity contribution in [3.8, 4) is 10.7 Å². The van der Waals surface area contributed by atoms with Crippen LogP contribution in [0.4, 0.5) is 0 Å². The van der Waals surface area contributed by atoms with Crippen LogP contribution in [-0.4, -0.2) is 14.8 Å². The average molecular weight is 263 g/mol. The number of aromatic nitrogens is 3. The molecule has 6 heteroatoms. The van der Waals surface area contributed by atoms with Crippen molar-refractivity contribution >= 4 is 23.6 Å². The van der Waals surface area contributed by atoms with Gasteiger partial charge in [-0.15, -0.1) is 11.3 Å². The number of rotatable bonds is 3. The van der Waals surface area contributed by atoms with Crippen LogP contribution in [0.15, 0.2) is 40.5 Å². The third kappa shape index (κ3) is 1.96. The highest BCUT2D eigenvalue weighted by molar-refractivity contribution is 7.71. The van der Waals surface area contributed by atoms with E-state index in [2.05, 4.69) is 10.2 Å². The first-order chi connectivity index (χ1) is 8.34. The van der Waals surface area contributed by atoms with E-state index in [9.17, 15) is 0 Å². The summed E-state index contributed by atoms with van der Waals surface area (Å²) in [6.07, 6.45) is 3.37. The molecule has 1 N–H and O–H groups in total. The second-order valence-electron chi connectivity index (χ2n) is 3.55. The van der Waals surface area contributed by atoms with Crippen LogP contribution in [0.2, 0.25) is 0 Å². The second-order valence-corrected chi connectivity index (χ2v) is 4.88. The van der Waals surface area contributed by atoms with E-state index in [1.165, 1.54) is 0 Å². The molecule has 4 nitrogen and oxygen atoms in total. The first-order valence-electron chi connectivity index (χ1n) is 5.05. The van der Waals surface area contributed by atoms with E-state index in [1.807, 2.05) is 28.1 Å². The van der Waals surface area contributed by atoms with Gasteiger partial charge in [-0.3, -0.25) is 9.67 Å². The largest absolute Gasteiger partial charge is 0.472 e. The summed E-state index contributed by atoms with van der Waals surface area (Å²) in [5.74, 6) is 0.867. The molecular weight excluding hydrogens is 254 g/mol. The minimum Gasteiger partial charge on any atom is -0.472 e. The Hall–Kier alpha value is -1.66. The van der Waals surface area contributed by atoms with Crippen LogP contribution >= 0.6 is 23.6 Å². The van der Waals surface area contributed by atoms with E-state index in [1.54, 1.807) is 23.9 Å². The Kier molecular flexibility index (Phi) is 2.66. The summed E-state index contributed by atoms with van der Waals surface area (Å²) in [5.41, 5.74) is 1.07. The lowest BCUT2D eigenvalue weighted by molar-refractivity contribution is 0.562. The van der Waals surface area contributed by atoms with Crippen molar-refractivity contribution in [3.05, 3.63) is 46.4 Å². The molecule has 3 rings (SSSR count). The minimum absolute atomic E-state index is 0.620. The van der Waals surface area contributed by atoms with Crippen LogP contribution in [0.25, 0.3) is 10.7 Å². The van der Waals surface area contributed by atoms with Crippen LogP contribution in [0.3, 0.4) is 0 Å². The normalized spacial score (nSPS) is 10.8. The lowest BCUT2D eigenvalue weighted by Gasteiger charge is -2.02. The van der Waals surface area contributed by atoms with Crippen molar-refractivity contribution in [1.82, 2.24) is 14.8 Å². The topological polar surface area (TPSA) is 46.8 Å². The van der Waals surface area contributed by atoms with E-state index in [-0.39, 0.29) is 0 Å². The Morgan fingerprint density at radius 2 is 2.41 bits per heavy atom. The van der Waals surface area contributed by atoms with Gasteiger partial charge in [0.1, 0.15) is 0 Å². The molecule has 17 heavy (non-hydrogen) atoms. The zero-order valence-electron chi connectivity index (χ0n) is 8.79. The molecule has 0 atom stereocenters. The summed E-state index contributed by atoms with van der Waals surface area (Å²) in [7, 11) is 0. The van der Waals surface area contributed by atoms with Gasteiger partial charge in [-0.25, -0.2) is 0 Å².